The zero-order valence-corrected chi connectivity index (χ0v) is 59.0. The third kappa shape index (κ3) is 19.8. The Morgan fingerprint density at radius 3 is 0.865 bits per heavy atom. The Labute approximate surface area is 637 Å². The van der Waals surface area contributed by atoms with Crippen LogP contribution in [0.5, 0.6) is 0 Å². The molecule has 18 heteroatoms. The predicted octanol–water partition coefficient (Wildman–Crippen LogP) is 22.6. The number of fused-ring (bicyclic) bond motifs is 6. The van der Waals surface area contributed by atoms with Crippen LogP contribution in [-0.4, -0.2) is 29.9 Å². The molecule has 6 heterocycles. The molecule has 0 unspecified atom stereocenters. The average Bonchev–Trinajstić information content (AvgIpc) is 0.695. The molecule has 0 saturated carbocycles. The summed E-state index contributed by atoms with van der Waals surface area (Å²) in [6.07, 6.45) is 0. The smallest absolute Gasteiger partial charge is 0.0708 e. The Morgan fingerprint density at radius 2 is 0.490 bits per heavy atom. The number of halogens is 6. The molecule has 12 aromatic rings. The van der Waals surface area contributed by atoms with Crippen LogP contribution in [-0.2, 0) is 32.5 Å². The summed E-state index contributed by atoms with van der Waals surface area (Å²) in [4.78, 5) is 25.7. The number of anilines is 6. The topological polar surface area (TPSA) is 233 Å². The molecule has 6 aromatic carbocycles. The molecule has 504 valence electrons. The monoisotopic (exact) mass is 1430 g/mol. The maximum Gasteiger partial charge on any atom is 0.0708 e. The minimum absolute atomic E-state index is 0.0199. The third-order valence-corrected chi connectivity index (χ3v) is 14.8. The van der Waals surface area contributed by atoms with Crippen LogP contribution in [0.4, 0.5) is 34.1 Å². The van der Waals surface area contributed by atoms with Crippen LogP contribution in [0.3, 0.4) is 0 Å². The number of rotatable bonds is 0. The van der Waals surface area contributed by atoms with Gasteiger partial charge in [0.15, 0.2) is 0 Å². The molecule has 0 aliphatic heterocycles. The second kappa shape index (κ2) is 29.6. The van der Waals surface area contributed by atoms with E-state index in [-0.39, 0.29) is 160 Å². The lowest BCUT2D eigenvalue weighted by atomic mass is 9.90. The molecule has 0 atom stereocenters. The molecule has 0 radical (unpaired) electrons. The maximum absolute atomic E-state index is 7.95. The van der Waals surface area contributed by atoms with Crippen LogP contribution >= 0.6 is 69.6 Å². The van der Waals surface area contributed by atoms with Crippen molar-refractivity contribution in [2.75, 3.05) is 34.4 Å². The molecule has 96 heavy (non-hydrogen) atoms. The van der Waals surface area contributed by atoms with Crippen LogP contribution in [0.15, 0.2) is 145 Å². The first-order valence-electron chi connectivity index (χ1n) is 43.6. The summed E-state index contributed by atoms with van der Waals surface area (Å²) in [5.74, 6) is 0. The van der Waals surface area contributed by atoms with Gasteiger partial charge in [-0.2, -0.15) is 0 Å². The number of hydrogen-bond donors (Lipinski definition) is 6. The van der Waals surface area contributed by atoms with Gasteiger partial charge in [0.25, 0.3) is 0 Å². The molecule has 0 aliphatic rings. The van der Waals surface area contributed by atoms with Crippen LogP contribution < -0.4 is 34.4 Å². The number of nitrogens with zero attached hydrogens (tertiary/aromatic N) is 6. The Hall–Kier alpha value is -7.68. The molecule has 6 aromatic heterocycles. The van der Waals surface area contributed by atoms with Crippen molar-refractivity contribution in [1.82, 2.24) is 29.9 Å². The van der Waals surface area contributed by atoms with E-state index in [1.807, 2.05) is 0 Å². The normalized spacial score (nSPS) is 17.2. The molecule has 12 nitrogen and oxygen atoms in total. The van der Waals surface area contributed by atoms with Crippen molar-refractivity contribution < 1.29 is 39.8 Å². The summed E-state index contributed by atoms with van der Waals surface area (Å²) in [5.41, 5.74) is 32.6. The van der Waals surface area contributed by atoms with E-state index in [1.165, 1.54) is 90.1 Å². The zero-order chi connectivity index (χ0) is 96.1. The molecule has 0 amide bonds. The van der Waals surface area contributed by atoms with Gasteiger partial charge in [-0.25, -0.2) is 0 Å². The predicted molar refractivity (Wildman–Crippen MR) is 419 cm³/mol. The lowest BCUT2D eigenvalue weighted by Gasteiger charge is -2.20. The van der Waals surface area contributed by atoms with Crippen molar-refractivity contribution >= 4 is 169 Å². The van der Waals surface area contributed by atoms with Gasteiger partial charge < -0.3 is 34.4 Å². The van der Waals surface area contributed by atoms with Gasteiger partial charge in [0.2, 0.25) is 0 Å². The van der Waals surface area contributed by atoms with E-state index in [0.29, 0.717) is 70.6 Å². The first-order valence-corrected chi connectivity index (χ1v) is 31.3. The number of hydrogen-bond acceptors (Lipinski definition) is 12. The summed E-state index contributed by atoms with van der Waals surface area (Å²) < 4.78 is 224. The van der Waals surface area contributed by atoms with Gasteiger partial charge in [0, 0.05) is 120 Å². The molecular formula is C78H90Cl6N12. The number of nitrogens with two attached hydrogens (primary N) is 6. The number of nitrogen functional groups attached to an aromatic ring is 6. The second-order valence-electron chi connectivity index (χ2n) is 25.4. The fourth-order valence-electron chi connectivity index (χ4n) is 9.31. The lowest BCUT2D eigenvalue weighted by molar-refractivity contribution is 0.574. The Morgan fingerprint density at radius 1 is 0.260 bits per heavy atom. The summed E-state index contributed by atoms with van der Waals surface area (Å²) in [6.45, 7) is 4.86. The highest BCUT2D eigenvalue weighted by Crippen LogP contribution is 2.36. The largest absolute Gasteiger partial charge is 0.397 e. The average molecular weight is 1440 g/mol. The lowest BCUT2D eigenvalue weighted by Crippen LogP contribution is -2.16. The fraction of sp³-hybridized carbons (Fsp3) is 0.308. The van der Waals surface area contributed by atoms with Crippen molar-refractivity contribution in [3.63, 3.8) is 0 Å². The van der Waals surface area contributed by atoms with Gasteiger partial charge in [-0.15, -0.1) is 0 Å². The van der Waals surface area contributed by atoms with E-state index in [4.69, 9.17) is 144 Å². The molecule has 0 fully saturated rings. The van der Waals surface area contributed by atoms with Gasteiger partial charge in [0.05, 0.1) is 116 Å². The molecule has 12 rings (SSSR count). The SMILES string of the molecule is [2H]c1c(Cl)c([2H])c2cc(N)c(C(C)(C)C([2H])([2H])[2H])nc2c1[2H].[2H]c1c(Cl)cc([2H])c2nc(C(C)(C)C([2H])([2H])[2H])c(N)cc12.[2H]c1c(Cl)cc2cc(N)c(C(C)(C)C([2H])([2H])[2H])nc2c1[2H].[2H]c1cc(Cl)cc2cc(N)c(C(C)(C)C([2H])([2H])[2H])nc12.[2H]c1cc2nc(C(C)(C)C([2H])([2H])[2H])c(N)cc2c([2H])c1Cl.[2H]c1cc2nc(C(C)(C)C([2H])([2H])[2H])c(N)cc2cc1Cl. The summed E-state index contributed by atoms with van der Waals surface area (Å²) in [7, 11) is 0. The first-order chi connectivity index (χ1) is 56.4. The molecule has 12 N–H and O–H groups in total. The highest BCUT2D eigenvalue weighted by molar-refractivity contribution is 6.33. The minimum Gasteiger partial charge on any atom is -0.397 e. The van der Waals surface area contributed by atoms with E-state index in [2.05, 4.69) is 29.9 Å². The highest BCUT2D eigenvalue weighted by atomic mass is 35.5. The molecular weight excluding hydrogens is 1320 g/mol. The number of benzene rings is 6. The van der Waals surface area contributed by atoms with Crippen LogP contribution in [0, 0.1) is 0 Å². The van der Waals surface area contributed by atoms with Crippen LogP contribution in [0.2, 0.25) is 30.1 Å². The Bertz CT molecular complexity index is 6200. The van der Waals surface area contributed by atoms with E-state index in [9.17, 15) is 0 Å². The van der Waals surface area contributed by atoms with Crippen molar-refractivity contribution in [3.8, 4) is 0 Å². The van der Waals surface area contributed by atoms with Gasteiger partial charge in [-0.3, -0.25) is 29.9 Å². The quantitative estimate of drug-likeness (QED) is 0.0832. The summed E-state index contributed by atoms with van der Waals surface area (Å²) in [5, 5.41) is 3.68. The number of pyridine rings is 6. The highest BCUT2D eigenvalue weighted by Gasteiger charge is 2.25. The third-order valence-electron chi connectivity index (χ3n) is 13.6. The Balaban J connectivity index is 0.000000206. The van der Waals surface area contributed by atoms with Crippen molar-refractivity contribution in [2.24, 2.45) is 0 Å². The Kier molecular flexibility index (Phi) is 13.6. The zero-order valence-electron chi connectivity index (χ0n) is 83.4. The van der Waals surface area contributed by atoms with Crippen molar-refractivity contribution in [2.45, 2.75) is 157 Å². The molecule has 0 bridgehead atoms. The number of aromatic nitrogens is 6. The van der Waals surface area contributed by atoms with E-state index in [0.717, 1.165) is 0 Å². The van der Waals surface area contributed by atoms with Gasteiger partial charge in [0.1, 0.15) is 0 Å². The fourth-order valence-corrected chi connectivity index (χ4v) is 10.3. The molecule has 0 aliphatic carbocycles. The molecule has 0 spiro atoms. The molecule has 0 saturated heterocycles. The van der Waals surface area contributed by atoms with Crippen LogP contribution in [0.1, 0.15) is 198 Å². The maximum atomic E-state index is 7.95. The van der Waals surface area contributed by atoms with Gasteiger partial charge in [-0.1, -0.05) is 194 Å². The summed E-state index contributed by atoms with van der Waals surface area (Å²) in [6, 6.07) is 19.0. The standard InChI is InChI=1S/6C13H15ClN2/c6*1-13(2,3)12-10(15)7-8-6-9(14)4-5-11(8)16-12/h6*4-7H,15H2,1-3H3/i1D3,4D,5D,6D;1D3,5D,6D;1D3,4D,6D;1D3,4D,5D;1D3,5D;1D3,4D. The van der Waals surface area contributed by atoms with E-state index >= 15 is 0 Å². The van der Waals surface area contributed by atoms with Crippen molar-refractivity contribution in [1.29, 1.82) is 0 Å². The van der Waals surface area contributed by atoms with Gasteiger partial charge in [-0.05, 0) is 145 Å². The van der Waals surface area contributed by atoms with Gasteiger partial charge >= 0.3 is 0 Å². The first kappa shape index (κ1) is 44.3. The van der Waals surface area contributed by atoms with Crippen LogP contribution in [0.25, 0.3) is 65.4 Å². The summed E-state index contributed by atoms with van der Waals surface area (Å²) >= 11 is 35.3. The van der Waals surface area contributed by atoms with Crippen molar-refractivity contribution in [3.05, 3.63) is 210 Å². The van der Waals surface area contributed by atoms with E-state index < -0.39 is 73.6 Å². The minimum atomic E-state index is -2.34. The second-order valence-corrected chi connectivity index (χ2v) is 27.8. The van der Waals surface area contributed by atoms with E-state index in [1.54, 1.807) is 71.9 Å².